The van der Waals surface area contributed by atoms with Crippen LogP contribution in [-0.4, -0.2) is 8.97 Å². The van der Waals surface area contributed by atoms with Crippen LogP contribution in [0.2, 0.25) is 0 Å². The average molecular weight is 244 g/mol. The van der Waals surface area contributed by atoms with Gasteiger partial charge in [-0.3, -0.25) is 0 Å². The topological polar surface area (TPSA) is 9.34 Å². The third-order valence-electron chi connectivity index (χ3n) is 4.26. The minimum absolute atomic E-state index is 1.28. The Morgan fingerprint density at radius 1 is 0.789 bits per heavy atom. The van der Waals surface area contributed by atoms with Gasteiger partial charge in [-0.2, -0.15) is 0 Å². The van der Waals surface area contributed by atoms with Crippen molar-refractivity contribution in [3.05, 3.63) is 54.9 Å². The van der Waals surface area contributed by atoms with Gasteiger partial charge in [-0.25, -0.2) is 0 Å². The minimum Gasteiger partial charge on any atom is -0.335 e. The monoisotopic (exact) mass is 244 g/mol. The maximum absolute atomic E-state index is 2.30. The van der Waals surface area contributed by atoms with Crippen molar-refractivity contribution in [1.82, 2.24) is 8.97 Å². The van der Waals surface area contributed by atoms with E-state index in [4.69, 9.17) is 0 Å². The summed E-state index contributed by atoms with van der Waals surface area (Å²) in [6.07, 6.45) is 4.28. The summed E-state index contributed by atoms with van der Waals surface area (Å²) in [4.78, 5) is 0. The molecule has 0 atom stereocenters. The summed E-state index contributed by atoms with van der Waals surface area (Å²) < 4.78 is 4.51. The third-order valence-corrected chi connectivity index (χ3v) is 4.26. The van der Waals surface area contributed by atoms with Crippen LogP contribution in [0.25, 0.3) is 38.8 Å². The van der Waals surface area contributed by atoms with E-state index in [1.807, 2.05) is 0 Å². The standard InChI is InChI=1S/C17H12N2/c1-18-9-10-19-14-8-4-7-12-11-5-2-3-6-13(11)16(15(12)14)17(18)19/h2-10H,1H3. The van der Waals surface area contributed by atoms with Crippen molar-refractivity contribution in [2.45, 2.75) is 0 Å². The van der Waals surface area contributed by atoms with Crippen LogP contribution in [0, 0.1) is 0 Å². The first kappa shape index (κ1) is 9.45. The van der Waals surface area contributed by atoms with Crippen LogP contribution in [-0.2, 0) is 7.05 Å². The van der Waals surface area contributed by atoms with E-state index in [9.17, 15) is 0 Å². The van der Waals surface area contributed by atoms with Crippen LogP contribution in [0.15, 0.2) is 54.9 Å². The number of aromatic nitrogens is 2. The maximum Gasteiger partial charge on any atom is 0.125 e. The summed E-state index contributed by atoms with van der Waals surface area (Å²) in [5, 5.41) is 1.40. The fraction of sp³-hybridized carbons (Fsp3) is 0.0588. The van der Waals surface area contributed by atoms with E-state index in [-0.39, 0.29) is 0 Å². The lowest BCUT2D eigenvalue weighted by Crippen LogP contribution is -1.88. The van der Waals surface area contributed by atoms with E-state index in [1.165, 1.54) is 38.8 Å². The van der Waals surface area contributed by atoms with Crippen LogP contribution in [0.1, 0.15) is 0 Å². The first-order valence-electron chi connectivity index (χ1n) is 6.54. The molecule has 0 spiro atoms. The van der Waals surface area contributed by atoms with Gasteiger partial charge in [-0.1, -0.05) is 36.4 Å². The fourth-order valence-electron chi connectivity index (χ4n) is 3.50. The molecule has 1 aliphatic rings. The molecule has 2 heteroatoms. The van der Waals surface area contributed by atoms with Crippen LogP contribution >= 0.6 is 0 Å². The summed E-state index contributed by atoms with van der Waals surface area (Å²) in [5.74, 6) is 0. The van der Waals surface area contributed by atoms with Gasteiger partial charge in [0.1, 0.15) is 5.65 Å². The van der Waals surface area contributed by atoms with Gasteiger partial charge < -0.3 is 8.97 Å². The number of imidazole rings is 1. The second-order valence-corrected chi connectivity index (χ2v) is 5.22. The van der Waals surface area contributed by atoms with E-state index >= 15 is 0 Å². The molecule has 0 saturated carbocycles. The Morgan fingerprint density at radius 3 is 2.47 bits per heavy atom. The third kappa shape index (κ3) is 0.920. The van der Waals surface area contributed by atoms with Crippen LogP contribution < -0.4 is 0 Å². The lowest BCUT2D eigenvalue weighted by Gasteiger charge is -2.03. The largest absolute Gasteiger partial charge is 0.335 e. The first-order chi connectivity index (χ1) is 9.36. The van der Waals surface area contributed by atoms with Gasteiger partial charge >= 0.3 is 0 Å². The highest BCUT2D eigenvalue weighted by atomic mass is 15.1. The number of hydrogen-bond acceptors (Lipinski definition) is 0. The number of hydrogen-bond donors (Lipinski definition) is 0. The molecule has 5 rings (SSSR count). The Hall–Kier alpha value is -2.48. The molecule has 2 heterocycles. The summed E-state index contributed by atoms with van der Waals surface area (Å²) in [6, 6.07) is 15.3. The van der Waals surface area contributed by atoms with Gasteiger partial charge in [0.15, 0.2) is 0 Å². The molecule has 2 nitrogen and oxygen atoms in total. The van der Waals surface area contributed by atoms with Crippen molar-refractivity contribution in [1.29, 1.82) is 0 Å². The molecule has 0 radical (unpaired) electrons. The Labute approximate surface area is 110 Å². The summed E-state index contributed by atoms with van der Waals surface area (Å²) in [5.41, 5.74) is 8.06. The van der Waals surface area contributed by atoms with E-state index in [0.29, 0.717) is 0 Å². The smallest absolute Gasteiger partial charge is 0.125 e. The Morgan fingerprint density at radius 2 is 1.58 bits per heavy atom. The van der Waals surface area contributed by atoms with E-state index in [0.717, 1.165) is 0 Å². The van der Waals surface area contributed by atoms with E-state index < -0.39 is 0 Å². The van der Waals surface area contributed by atoms with Gasteiger partial charge in [0, 0.05) is 30.4 Å². The summed E-state index contributed by atoms with van der Waals surface area (Å²) >= 11 is 0. The molecule has 1 aliphatic carbocycles. The van der Waals surface area contributed by atoms with Crippen LogP contribution in [0.4, 0.5) is 0 Å². The maximum atomic E-state index is 2.30. The zero-order valence-electron chi connectivity index (χ0n) is 10.6. The van der Waals surface area contributed by atoms with Crippen molar-refractivity contribution < 1.29 is 0 Å². The molecular formula is C17H12N2. The molecule has 0 saturated heterocycles. The molecule has 19 heavy (non-hydrogen) atoms. The predicted molar refractivity (Wildman–Crippen MR) is 78.3 cm³/mol. The SMILES string of the molecule is Cn1ccn2c3cccc4c3c(c12)-c1ccccc1-4. The second-order valence-electron chi connectivity index (χ2n) is 5.22. The number of nitrogens with zero attached hydrogens (tertiary/aromatic N) is 2. The Balaban J connectivity index is 2.18. The number of rotatable bonds is 0. The molecule has 4 aromatic rings. The molecule has 90 valence electrons. The highest BCUT2D eigenvalue weighted by Crippen LogP contribution is 2.49. The molecule has 2 aromatic carbocycles. The quantitative estimate of drug-likeness (QED) is 0.388. The van der Waals surface area contributed by atoms with E-state index in [1.54, 1.807) is 0 Å². The molecular weight excluding hydrogens is 232 g/mol. The normalized spacial score (nSPS) is 12.5. The summed E-state index contributed by atoms with van der Waals surface area (Å²) in [7, 11) is 2.12. The molecule has 0 fully saturated rings. The Kier molecular flexibility index (Phi) is 1.45. The number of aryl methyl sites for hydroxylation is 1. The van der Waals surface area contributed by atoms with Gasteiger partial charge in [0.05, 0.1) is 5.52 Å². The molecule has 0 bridgehead atoms. The van der Waals surface area contributed by atoms with Crippen LogP contribution in [0.3, 0.4) is 0 Å². The fourth-order valence-corrected chi connectivity index (χ4v) is 3.50. The van der Waals surface area contributed by atoms with Gasteiger partial charge in [-0.05, 0) is 22.8 Å². The van der Waals surface area contributed by atoms with Crippen molar-refractivity contribution in [2.75, 3.05) is 0 Å². The molecule has 2 aromatic heterocycles. The van der Waals surface area contributed by atoms with Crippen molar-refractivity contribution in [3.8, 4) is 22.3 Å². The zero-order chi connectivity index (χ0) is 12.6. The minimum atomic E-state index is 1.28. The second kappa shape index (κ2) is 2.91. The lowest BCUT2D eigenvalue weighted by atomic mass is 10.0. The van der Waals surface area contributed by atoms with Crippen molar-refractivity contribution >= 4 is 16.6 Å². The molecule has 0 N–H and O–H groups in total. The van der Waals surface area contributed by atoms with Crippen molar-refractivity contribution in [3.63, 3.8) is 0 Å². The highest BCUT2D eigenvalue weighted by Gasteiger charge is 2.26. The van der Waals surface area contributed by atoms with E-state index in [2.05, 4.69) is 70.9 Å². The van der Waals surface area contributed by atoms with Gasteiger partial charge in [0.2, 0.25) is 0 Å². The molecule has 0 amide bonds. The Bertz CT molecular complexity index is 970. The van der Waals surface area contributed by atoms with Crippen molar-refractivity contribution in [2.24, 2.45) is 7.05 Å². The predicted octanol–water partition coefficient (Wildman–Crippen LogP) is 4.08. The van der Waals surface area contributed by atoms with Gasteiger partial charge in [-0.15, -0.1) is 0 Å². The van der Waals surface area contributed by atoms with Crippen LogP contribution in [0.5, 0.6) is 0 Å². The summed E-state index contributed by atoms with van der Waals surface area (Å²) in [6.45, 7) is 0. The first-order valence-corrected chi connectivity index (χ1v) is 6.54. The molecule has 0 aliphatic heterocycles. The molecule has 0 unspecified atom stereocenters. The number of benzene rings is 2. The number of fused-ring (bicyclic) bond motifs is 6. The highest BCUT2D eigenvalue weighted by molar-refractivity contribution is 6.19. The zero-order valence-corrected chi connectivity index (χ0v) is 10.6. The average Bonchev–Trinajstić information content (AvgIpc) is 3.07. The lowest BCUT2D eigenvalue weighted by molar-refractivity contribution is 0.961. The van der Waals surface area contributed by atoms with Gasteiger partial charge in [0.25, 0.3) is 0 Å².